The number of halogens is 1. The van der Waals surface area contributed by atoms with Crippen molar-refractivity contribution in [2.45, 2.75) is 11.4 Å². The van der Waals surface area contributed by atoms with Crippen molar-refractivity contribution in [1.82, 2.24) is 20.1 Å². The number of sulfonamides is 1. The second-order valence-corrected chi connectivity index (χ2v) is 7.16. The summed E-state index contributed by atoms with van der Waals surface area (Å²) < 4.78 is 47.4. The van der Waals surface area contributed by atoms with Gasteiger partial charge in [-0.1, -0.05) is 24.3 Å². The van der Waals surface area contributed by atoms with Gasteiger partial charge >= 0.3 is 0 Å². The first-order valence-corrected chi connectivity index (χ1v) is 9.01. The first-order valence-electron chi connectivity index (χ1n) is 7.53. The molecular formula is C16H12FN5O3S. The molecule has 0 spiro atoms. The van der Waals surface area contributed by atoms with Crippen molar-refractivity contribution in [3.8, 4) is 0 Å². The lowest BCUT2D eigenvalue weighted by Crippen LogP contribution is -2.13. The number of fused-ring (bicyclic) bond motifs is 1. The largest absolute Gasteiger partial charge is 0.276 e. The molecule has 0 fully saturated rings. The standard InChI is InChI=1S/C16H12FN5O3S/c17-13-5-2-1-4-11(13)9-22-10-12(8-18-22)21-26(23,24)15-7-3-6-14-16(15)20-25-19-14/h1-8,10,21H,9H2. The minimum Gasteiger partial charge on any atom is -0.276 e. The third-order valence-electron chi connectivity index (χ3n) is 3.71. The number of rotatable bonds is 5. The Morgan fingerprint density at radius 2 is 1.96 bits per heavy atom. The van der Waals surface area contributed by atoms with Crippen molar-refractivity contribution in [2.24, 2.45) is 0 Å². The molecule has 0 atom stereocenters. The molecule has 2 aromatic carbocycles. The molecule has 1 N–H and O–H groups in total. The predicted octanol–water partition coefficient (Wildman–Crippen LogP) is 2.41. The van der Waals surface area contributed by atoms with E-state index >= 15 is 0 Å². The van der Waals surface area contributed by atoms with E-state index in [2.05, 4.69) is 24.8 Å². The first-order chi connectivity index (χ1) is 12.5. The number of hydrogen-bond acceptors (Lipinski definition) is 6. The Kier molecular flexibility index (Phi) is 3.88. The lowest BCUT2D eigenvalue weighted by molar-refractivity contribution is 0.315. The topological polar surface area (TPSA) is 103 Å². The number of aromatic nitrogens is 4. The molecule has 0 saturated carbocycles. The van der Waals surface area contributed by atoms with E-state index < -0.39 is 10.0 Å². The molecule has 0 saturated heterocycles. The molecule has 8 nitrogen and oxygen atoms in total. The van der Waals surface area contributed by atoms with Gasteiger partial charge in [0.15, 0.2) is 5.52 Å². The molecule has 0 unspecified atom stereocenters. The summed E-state index contributed by atoms with van der Waals surface area (Å²) in [7, 11) is -3.92. The number of anilines is 1. The Hall–Kier alpha value is -3.27. The monoisotopic (exact) mass is 373 g/mol. The van der Waals surface area contributed by atoms with Gasteiger partial charge in [-0.15, -0.1) is 0 Å². The zero-order valence-electron chi connectivity index (χ0n) is 13.2. The number of benzene rings is 2. The van der Waals surface area contributed by atoms with Gasteiger partial charge in [-0.3, -0.25) is 9.40 Å². The Morgan fingerprint density at radius 3 is 2.81 bits per heavy atom. The fourth-order valence-corrected chi connectivity index (χ4v) is 3.69. The maximum atomic E-state index is 13.7. The summed E-state index contributed by atoms with van der Waals surface area (Å²) in [4.78, 5) is -0.0573. The Labute approximate surface area is 147 Å². The van der Waals surface area contributed by atoms with Crippen molar-refractivity contribution in [3.05, 3.63) is 66.2 Å². The van der Waals surface area contributed by atoms with Crippen LogP contribution < -0.4 is 4.72 Å². The van der Waals surface area contributed by atoms with Crippen LogP contribution >= 0.6 is 0 Å². The summed E-state index contributed by atoms with van der Waals surface area (Å²) in [6, 6.07) is 10.9. The van der Waals surface area contributed by atoms with Gasteiger partial charge in [-0.2, -0.15) is 5.10 Å². The summed E-state index contributed by atoms with van der Waals surface area (Å²) in [5.74, 6) is -0.352. The van der Waals surface area contributed by atoms with Gasteiger partial charge in [0.2, 0.25) is 0 Å². The number of nitrogens with zero attached hydrogens (tertiary/aromatic N) is 4. The molecule has 2 aromatic heterocycles. The van der Waals surface area contributed by atoms with Crippen LogP contribution in [-0.4, -0.2) is 28.5 Å². The molecule has 10 heteroatoms. The summed E-state index contributed by atoms with van der Waals surface area (Å²) >= 11 is 0. The third kappa shape index (κ3) is 3.02. The van der Waals surface area contributed by atoms with Crippen LogP contribution in [0.3, 0.4) is 0 Å². The molecular weight excluding hydrogens is 361 g/mol. The van der Waals surface area contributed by atoms with Crippen LogP contribution in [0, 0.1) is 5.82 Å². The van der Waals surface area contributed by atoms with Gasteiger partial charge in [-0.25, -0.2) is 17.4 Å². The van der Waals surface area contributed by atoms with E-state index in [0.29, 0.717) is 11.1 Å². The summed E-state index contributed by atoms with van der Waals surface area (Å²) in [5, 5.41) is 11.3. The normalized spacial score (nSPS) is 11.7. The van der Waals surface area contributed by atoms with Gasteiger partial charge in [0.25, 0.3) is 10.0 Å². The van der Waals surface area contributed by atoms with Crippen molar-refractivity contribution < 1.29 is 17.4 Å². The number of hydrogen-bond donors (Lipinski definition) is 1. The van der Waals surface area contributed by atoms with Crippen LogP contribution in [0.25, 0.3) is 11.0 Å². The van der Waals surface area contributed by atoms with E-state index in [1.807, 2.05) is 0 Å². The van der Waals surface area contributed by atoms with Crippen LogP contribution in [0.2, 0.25) is 0 Å². The minimum absolute atomic E-state index is 0.0573. The highest BCUT2D eigenvalue weighted by Gasteiger charge is 2.21. The summed E-state index contributed by atoms with van der Waals surface area (Å²) in [5.41, 5.74) is 1.17. The van der Waals surface area contributed by atoms with E-state index in [9.17, 15) is 12.8 Å². The fraction of sp³-hybridized carbons (Fsp3) is 0.0625. The highest BCUT2D eigenvalue weighted by Crippen LogP contribution is 2.22. The molecule has 0 bridgehead atoms. The third-order valence-corrected chi connectivity index (χ3v) is 5.13. The smallest absolute Gasteiger partial charge is 0.264 e. The van der Waals surface area contributed by atoms with E-state index in [1.54, 1.807) is 30.3 Å². The highest BCUT2D eigenvalue weighted by atomic mass is 32.2. The second-order valence-electron chi connectivity index (χ2n) is 5.51. The predicted molar refractivity (Wildman–Crippen MR) is 90.3 cm³/mol. The molecule has 132 valence electrons. The van der Waals surface area contributed by atoms with E-state index in [1.165, 1.54) is 29.2 Å². The maximum absolute atomic E-state index is 13.7. The molecule has 4 rings (SSSR count). The van der Waals surface area contributed by atoms with Crippen LogP contribution in [0.15, 0.2) is 64.4 Å². The Morgan fingerprint density at radius 1 is 1.12 bits per heavy atom. The zero-order valence-corrected chi connectivity index (χ0v) is 14.0. The quantitative estimate of drug-likeness (QED) is 0.576. The van der Waals surface area contributed by atoms with Gasteiger partial charge in [0.05, 0.1) is 18.4 Å². The van der Waals surface area contributed by atoms with Crippen molar-refractivity contribution in [3.63, 3.8) is 0 Å². The van der Waals surface area contributed by atoms with Crippen LogP contribution in [0.1, 0.15) is 5.56 Å². The highest BCUT2D eigenvalue weighted by molar-refractivity contribution is 7.93. The average Bonchev–Trinajstić information content (AvgIpc) is 3.25. The Bertz CT molecular complexity index is 1190. The zero-order chi connectivity index (χ0) is 18.1. The van der Waals surface area contributed by atoms with Crippen molar-refractivity contribution >= 4 is 26.7 Å². The molecule has 0 aliphatic carbocycles. The maximum Gasteiger partial charge on any atom is 0.264 e. The molecule has 0 amide bonds. The van der Waals surface area contributed by atoms with Crippen molar-refractivity contribution in [2.75, 3.05) is 4.72 Å². The van der Waals surface area contributed by atoms with Gasteiger partial charge < -0.3 is 0 Å². The van der Waals surface area contributed by atoms with E-state index in [4.69, 9.17) is 0 Å². The summed E-state index contributed by atoms with van der Waals surface area (Å²) in [6.45, 7) is 0.178. The van der Waals surface area contributed by atoms with Gasteiger partial charge in [0, 0.05) is 11.8 Å². The summed E-state index contributed by atoms with van der Waals surface area (Å²) in [6.07, 6.45) is 2.82. The minimum atomic E-state index is -3.92. The first kappa shape index (κ1) is 16.2. The van der Waals surface area contributed by atoms with E-state index in [-0.39, 0.29) is 28.5 Å². The Balaban J connectivity index is 1.59. The lowest BCUT2D eigenvalue weighted by Gasteiger charge is -2.06. The van der Waals surface area contributed by atoms with Crippen molar-refractivity contribution in [1.29, 1.82) is 0 Å². The van der Waals surface area contributed by atoms with E-state index in [0.717, 1.165) is 0 Å². The fourth-order valence-electron chi connectivity index (χ4n) is 2.51. The number of nitrogens with one attached hydrogen (secondary N) is 1. The SMILES string of the molecule is O=S(=O)(Nc1cnn(Cc2ccccc2F)c1)c1cccc2nonc12. The van der Waals surface area contributed by atoms with Crippen LogP contribution in [0.5, 0.6) is 0 Å². The molecule has 0 radical (unpaired) electrons. The van der Waals surface area contributed by atoms with Gasteiger partial charge in [-0.05, 0) is 28.5 Å². The second kappa shape index (κ2) is 6.23. The van der Waals surface area contributed by atoms with Gasteiger partial charge in [0.1, 0.15) is 16.2 Å². The molecule has 0 aliphatic heterocycles. The average molecular weight is 373 g/mol. The van der Waals surface area contributed by atoms with Crippen LogP contribution in [0.4, 0.5) is 10.1 Å². The molecule has 0 aliphatic rings. The molecule has 4 aromatic rings. The lowest BCUT2D eigenvalue weighted by atomic mass is 10.2. The van der Waals surface area contributed by atoms with Crippen LogP contribution in [-0.2, 0) is 16.6 Å². The molecule has 2 heterocycles. The molecule has 26 heavy (non-hydrogen) atoms.